The third-order valence-corrected chi connectivity index (χ3v) is 2.59. The Bertz CT molecular complexity index is 505. The summed E-state index contributed by atoms with van der Waals surface area (Å²) in [6.45, 7) is 0.568. The van der Waals surface area contributed by atoms with E-state index in [1.165, 1.54) is 0 Å². The van der Waals surface area contributed by atoms with E-state index in [2.05, 4.69) is 25.9 Å². The molecule has 0 saturated heterocycles. The molecule has 0 amide bonds. The Balaban J connectivity index is 2.23. The van der Waals surface area contributed by atoms with Crippen molar-refractivity contribution in [2.45, 2.75) is 6.42 Å². The van der Waals surface area contributed by atoms with Gasteiger partial charge in [0.05, 0.1) is 6.20 Å². The van der Waals surface area contributed by atoms with Crippen molar-refractivity contribution in [3.05, 3.63) is 46.8 Å². The van der Waals surface area contributed by atoms with Crippen LogP contribution in [0.3, 0.4) is 0 Å². The summed E-state index contributed by atoms with van der Waals surface area (Å²) in [5.41, 5.74) is 6.54. The molecule has 5 heteroatoms. The number of hydrogen-bond acceptors (Lipinski definition) is 4. The molecule has 2 heterocycles. The van der Waals surface area contributed by atoms with Crippen molar-refractivity contribution in [3.8, 4) is 11.6 Å². The molecule has 0 atom stereocenters. The summed E-state index contributed by atoms with van der Waals surface area (Å²) in [5.74, 6) is 1.23. The maximum absolute atomic E-state index is 5.68. The summed E-state index contributed by atoms with van der Waals surface area (Å²) >= 11 is 3.34. The normalized spacial score (nSPS) is 10.2. The van der Waals surface area contributed by atoms with Gasteiger partial charge in [0.15, 0.2) is 0 Å². The van der Waals surface area contributed by atoms with Crippen LogP contribution >= 0.6 is 15.9 Å². The Hall–Kier alpha value is -1.46. The molecule has 88 valence electrons. The Kier molecular flexibility index (Phi) is 4.06. The zero-order valence-corrected chi connectivity index (χ0v) is 10.7. The molecule has 2 aromatic rings. The average molecular weight is 294 g/mol. The predicted molar refractivity (Wildman–Crippen MR) is 69.0 cm³/mol. The number of ether oxygens (including phenoxy) is 1. The topological polar surface area (TPSA) is 61.0 Å². The van der Waals surface area contributed by atoms with Crippen LogP contribution in [0, 0.1) is 0 Å². The van der Waals surface area contributed by atoms with E-state index in [4.69, 9.17) is 10.5 Å². The summed E-state index contributed by atoms with van der Waals surface area (Å²) in [7, 11) is 0. The Morgan fingerprint density at radius 2 is 2.24 bits per heavy atom. The molecule has 0 fully saturated rings. The number of hydrogen-bond donors (Lipinski definition) is 1. The van der Waals surface area contributed by atoms with Crippen LogP contribution in [-0.4, -0.2) is 16.5 Å². The van der Waals surface area contributed by atoms with Gasteiger partial charge in [0.1, 0.15) is 5.75 Å². The van der Waals surface area contributed by atoms with Crippen LogP contribution in [0.1, 0.15) is 5.56 Å². The molecule has 2 aromatic heterocycles. The summed E-state index contributed by atoms with van der Waals surface area (Å²) in [6, 6.07) is 5.67. The van der Waals surface area contributed by atoms with Crippen LogP contribution in [0.4, 0.5) is 0 Å². The van der Waals surface area contributed by atoms with Gasteiger partial charge in [0, 0.05) is 22.4 Å². The van der Waals surface area contributed by atoms with E-state index >= 15 is 0 Å². The molecule has 0 aromatic carbocycles. The number of pyridine rings is 2. The van der Waals surface area contributed by atoms with Crippen molar-refractivity contribution in [3.63, 3.8) is 0 Å². The van der Waals surface area contributed by atoms with Gasteiger partial charge in [0.25, 0.3) is 0 Å². The van der Waals surface area contributed by atoms with Gasteiger partial charge in [-0.3, -0.25) is 4.98 Å². The van der Waals surface area contributed by atoms with E-state index in [1.54, 1.807) is 18.6 Å². The van der Waals surface area contributed by atoms with Crippen molar-refractivity contribution in [2.24, 2.45) is 5.73 Å². The van der Waals surface area contributed by atoms with Crippen molar-refractivity contribution in [2.75, 3.05) is 6.54 Å². The molecule has 2 rings (SSSR count). The van der Waals surface area contributed by atoms with E-state index in [1.807, 2.05) is 18.2 Å². The molecule has 0 saturated carbocycles. The molecular formula is C12H12BrN3O. The fraction of sp³-hybridized carbons (Fsp3) is 0.167. The lowest BCUT2D eigenvalue weighted by molar-refractivity contribution is 0.454. The quantitative estimate of drug-likeness (QED) is 0.941. The number of rotatable bonds is 4. The summed E-state index contributed by atoms with van der Waals surface area (Å²) in [5, 5.41) is 0. The van der Waals surface area contributed by atoms with Crippen molar-refractivity contribution < 1.29 is 4.74 Å². The van der Waals surface area contributed by atoms with Gasteiger partial charge in [-0.1, -0.05) is 6.07 Å². The predicted octanol–water partition coefficient (Wildman–Crippen LogP) is 2.53. The van der Waals surface area contributed by atoms with E-state index < -0.39 is 0 Å². The summed E-state index contributed by atoms with van der Waals surface area (Å²) in [4.78, 5) is 8.23. The minimum absolute atomic E-state index is 0.568. The second-order valence-electron chi connectivity index (χ2n) is 3.45. The van der Waals surface area contributed by atoms with Gasteiger partial charge < -0.3 is 10.5 Å². The first-order chi connectivity index (χ1) is 8.29. The summed E-state index contributed by atoms with van der Waals surface area (Å²) in [6.07, 6.45) is 5.78. The molecule has 0 radical (unpaired) electrons. The third kappa shape index (κ3) is 3.25. The van der Waals surface area contributed by atoms with Crippen LogP contribution in [0.5, 0.6) is 11.6 Å². The molecule has 0 bridgehead atoms. The molecule has 2 N–H and O–H groups in total. The van der Waals surface area contributed by atoms with Crippen LogP contribution in [0.25, 0.3) is 0 Å². The van der Waals surface area contributed by atoms with Crippen LogP contribution in [0.15, 0.2) is 41.3 Å². The van der Waals surface area contributed by atoms with Crippen molar-refractivity contribution in [1.82, 2.24) is 9.97 Å². The number of aromatic nitrogens is 2. The van der Waals surface area contributed by atoms with Gasteiger partial charge in [-0.15, -0.1) is 0 Å². The highest BCUT2D eigenvalue weighted by Gasteiger charge is 2.05. The minimum Gasteiger partial charge on any atom is -0.437 e. The highest BCUT2D eigenvalue weighted by molar-refractivity contribution is 9.10. The molecule has 4 nitrogen and oxygen atoms in total. The van der Waals surface area contributed by atoms with Gasteiger partial charge in [-0.2, -0.15) is 0 Å². The maximum atomic E-state index is 5.68. The Morgan fingerprint density at radius 3 is 3.00 bits per heavy atom. The lowest BCUT2D eigenvalue weighted by atomic mass is 10.2. The van der Waals surface area contributed by atoms with Crippen molar-refractivity contribution in [1.29, 1.82) is 0 Å². The molecule has 0 aliphatic carbocycles. The van der Waals surface area contributed by atoms with E-state index in [0.29, 0.717) is 18.2 Å². The number of nitrogens with two attached hydrogens (primary N) is 1. The zero-order chi connectivity index (χ0) is 12.1. The Labute approximate surface area is 108 Å². The van der Waals surface area contributed by atoms with Gasteiger partial charge in [0.2, 0.25) is 5.88 Å². The third-order valence-electron chi connectivity index (χ3n) is 2.16. The average Bonchev–Trinajstić information content (AvgIpc) is 2.32. The maximum Gasteiger partial charge on any atom is 0.222 e. The minimum atomic E-state index is 0.568. The largest absolute Gasteiger partial charge is 0.437 e. The first-order valence-corrected chi connectivity index (χ1v) is 6.01. The highest BCUT2D eigenvalue weighted by atomic mass is 79.9. The first kappa shape index (κ1) is 12.0. The highest BCUT2D eigenvalue weighted by Crippen LogP contribution is 2.24. The van der Waals surface area contributed by atoms with Gasteiger partial charge in [-0.25, -0.2) is 4.98 Å². The fourth-order valence-electron chi connectivity index (χ4n) is 1.42. The Morgan fingerprint density at radius 1 is 1.35 bits per heavy atom. The van der Waals surface area contributed by atoms with E-state index in [-0.39, 0.29) is 0 Å². The van der Waals surface area contributed by atoms with Crippen LogP contribution in [-0.2, 0) is 6.42 Å². The van der Waals surface area contributed by atoms with Gasteiger partial charge in [-0.05, 0) is 41.0 Å². The molecule has 0 aliphatic heterocycles. The monoisotopic (exact) mass is 293 g/mol. The molecule has 17 heavy (non-hydrogen) atoms. The first-order valence-electron chi connectivity index (χ1n) is 5.22. The van der Waals surface area contributed by atoms with Crippen LogP contribution in [0.2, 0.25) is 0 Å². The second kappa shape index (κ2) is 5.75. The molecule has 0 unspecified atom stereocenters. The van der Waals surface area contributed by atoms with Crippen LogP contribution < -0.4 is 10.5 Å². The SMILES string of the molecule is NCCc1cccnc1Oc1cncc(Br)c1. The molecular weight excluding hydrogens is 282 g/mol. The lowest BCUT2D eigenvalue weighted by Gasteiger charge is -2.08. The van der Waals surface area contributed by atoms with E-state index in [0.717, 1.165) is 16.5 Å². The second-order valence-corrected chi connectivity index (χ2v) is 4.36. The smallest absolute Gasteiger partial charge is 0.222 e. The summed E-state index contributed by atoms with van der Waals surface area (Å²) < 4.78 is 6.55. The standard InChI is InChI=1S/C12H12BrN3O/c13-10-6-11(8-15-7-10)17-12-9(3-4-14)2-1-5-16-12/h1-2,5-8H,3-4,14H2. The van der Waals surface area contributed by atoms with E-state index in [9.17, 15) is 0 Å². The fourth-order valence-corrected chi connectivity index (χ4v) is 1.77. The number of nitrogens with zero attached hydrogens (tertiary/aromatic N) is 2. The zero-order valence-electron chi connectivity index (χ0n) is 9.14. The van der Waals surface area contributed by atoms with Crippen molar-refractivity contribution >= 4 is 15.9 Å². The number of halogens is 1. The molecule has 0 spiro atoms. The molecule has 0 aliphatic rings. The lowest BCUT2D eigenvalue weighted by Crippen LogP contribution is -2.04. The van der Waals surface area contributed by atoms with Gasteiger partial charge >= 0.3 is 0 Å².